The highest BCUT2D eigenvalue weighted by Gasteiger charge is 2.30. The first kappa shape index (κ1) is 17.0. The van der Waals surface area contributed by atoms with Crippen LogP contribution in [0, 0.1) is 6.92 Å². The smallest absolute Gasteiger partial charge is 0.256 e. The first-order valence-corrected chi connectivity index (χ1v) is 8.99. The van der Waals surface area contributed by atoms with Crippen LogP contribution in [0.1, 0.15) is 27.7 Å². The molecule has 0 aliphatic carbocycles. The van der Waals surface area contributed by atoms with Crippen LogP contribution in [0.5, 0.6) is 0 Å². The number of carbonyl (C=O) groups excluding carboxylic acids is 1. The van der Waals surface area contributed by atoms with Crippen LogP contribution in [0.4, 0.5) is 0 Å². The van der Waals surface area contributed by atoms with Crippen LogP contribution in [0.3, 0.4) is 0 Å². The molecule has 1 saturated heterocycles. The van der Waals surface area contributed by atoms with E-state index in [1.807, 2.05) is 49.2 Å². The molecule has 0 radical (unpaired) electrons. The molecule has 1 amide bonds. The molecule has 0 spiro atoms. The standard InChI is InChI=1S/C19H20ClN5O/c1-12-15-9-13(10-22-18(15)24(2)23-12)19(26)25-8-7-21-11-17(25)14-5-3-4-6-16(14)20/h3-6,9-10,17,21H,7-8,11H2,1-2H3. The highest BCUT2D eigenvalue weighted by atomic mass is 35.5. The number of nitrogens with zero attached hydrogens (tertiary/aromatic N) is 4. The van der Waals surface area contributed by atoms with Crippen molar-refractivity contribution in [3.8, 4) is 0 Å². The number of carbonyl (C=O) groups is 1. The number of rotatable bonds is 2. The van der Waals surface area contributed by atoms with Gasteiger partial charge in [-0.25, -0.2) is 4.98 Å². The molecule has 1 aromatic carbocycles. The summed E-state index contributed by atoms with van der Waals surface area (Å²) in [5.74, 6) is -0.0333. The summed E-state index contributed by atoms with van der Waals surface area (Å²) in [7, 11) is 1.85. The van der Waals surface area contributed by atoms with E-state index in [9.17, 15) is 4.79 Å². The second-order valence-electron chi connectivity index (χ2n) is 6.54. The lowest BCUT2D eigenvalue weighted by Gasteiger charge is -2.37. The lowest BCUT2D eigenvalue weighted by atomic mass is 10.0. The Morgan fingerprint density at radius 3 is 2.96 bits per heavy atom. The number of fused-ring (bicyclic) bond motifs is 1. The van der Waals surface area contributed by atoms with Gasteiger partial charge in [0, 0.05) is 43.3 Å². The van der Waals surface area contributed by atoms with Crippen LogP contribution in [-0.2, 0) is 7.05 Å². The number of pyridine rings is 1. The number of benzene rings is 1. The number of aryl methyl sites for hydroxylation is 2. The van der Waals surface area contributed by atoms with Gasteiger partial charge >= 0.3 is 0 Å². The maximum Gasteiger partial charge on any atom is 0.256 e. The molecule has 7 heteroatoms. The fourth-order valence-electron chi connectivity index (χ4n) is 3.56. The fraction of sp³-hybridized carbons (Fsp3) is 0.316. The quantitative estimate of drug-likeness (QED) is 0.754. The Labute approximate surface area is 156 Å². The lowest BCUT2D eigenvalue weighted by molar-refractivity contribution is 0.0634. The first-order valence-electron chi connectivity index (χ1n) is 8.61. The number of hydrogen-bond acceptors (Lipinski definition) is 4. The van der Waals surface area contributed by atoms with Gasteiger partial charge in [-0.15, -0.1) is 0 Å². The maximum atomic E-state index is 13.2. The van der Waals surface area contributed by atoms with E-state index < -0.39 is 0 Å². The summed E-state index contributed by atoms with van der Waals surface area (Å²) in [6.45, 7) is 3.99. The zero-order valence-electron chi connectivity index (χ0n) is 14.7. The molecule has 1 aliphatic rings. The molecular formula is C19H20ClN5O. The molecule has 26 heavy (non-hydrogen) atoms. The summed E-state index contributed by atoms with van der Waals surface area (Å²) in [6.07, 6.45) is 1.64. The van der Waals surface area contributed by atoms with E-state index in [0.29, 0.717) is 23.7 Å². The summed E-state index contributed by atoms with van der Waals surface area (Å²) in [6, 6.07) is 9.48. The molecule has 0 saturated carbocycles. The summed E-state index contributed by atoms with van der Waals surface area (Å²) < 4.78 is 1.73. The molecule has 0 bridgehead atoms. The van der Waals surface area contributed by atoms with Crippen molar-refractivity contribution in [2.24, 2.45) is 7.05 Å². The zero-order chi connectivity index (χ0) is 18.3. The van der Waals surface area contributed by atoms with Gasteiger partial charge in [-0.3, -0.25) is 9.48 Å². The average molecular weight is 370 g/mol. The lowest BCUT2D eigenvalue weighted by Crippen LogP contribution is -2.48. The Hall–Kier alpha value is -2.44. The molecule has 1 aliphatic heterocycles. The molecule has 1 N–H and O–H groups in total. The van der Waals surface area contributed by atoms with Crippen LogP contribution in [0.25, 0.3) is 11.0 Å². The highest BCUT2D eigenvalue weighted by molar-refractivity contribution is 6.31. The largest absolute Gasteiger partial charge is 0.329 e. The summed E-state index contributed by atoms with van der Waals surface area (Å²) in [5, 5.41) is 9.32. The number of piperazine rings is 1. The predicted octanol–water partition coefficient (Wildman–Crippen LogP) is 2.72. The first-order chi connectivity index (χ1) is 12.6. The van der Waals surface area contributed by atoms with E-state index in [0.717, 1.165) is 28.8 Å². The number of aromatic nitrogens is 3. The van der Waals surface area contributed by atoms with Crippen LogP contribution < -0.4 is 5.32 Å². The molecular weight excluding hydrogens is 350 g/mol. The number of nitrogens with one attached hydrogen (secondary N) is 1. The van der Waals surface area contributed by atoms with Crippen LogP contribution in [-0.4, -0.2) is 45.2 Å². The molecule has 134 valence electrons. The van der Waals surface area contributed by atoms with Gasteiger partial charge in [0.2, 0.25) is 0 Å². The van der Waals surface area contributed by atoms with E-state index in [2.05, 4.69) is 15.4 Å². The third kappa shape index (κ3) is 2.85. The van der Waals surface area contributed by atoms with Gasteiger partial charge in [-0.2, -0.15) is 5.10 Å². The van der Waals surface area contributed by atoms with Gasteiger partial charge < -0.3 is 10.2 Å². The Morgan fingerprint density at radius 2 is 2.15 bits per heavy atom. The Kier molecular flexibility index (Phi) is 4.38. The van der Waals surface area contributed by atoms with Crippen molar-refractivity contribution >= 4 is 28.5 Å². The second kappa shape index (κ2) is 6.70. The van der Waals surface area contributed by atoms with Crippen molar-refractivity contribution in [1.29, 1.82) is 0 Å². The van der Waals surface area contributed by atoms with E-state index in [1.54, 1.807) is 10.9 Å². The van der Waals surface area contributed by atoms with Crippen molar-refractivity contribution in [2.75, 3.05) is 19.6 Å². The minimum atomic E-state index is -0.101. The van der Waals surface area contributed by atoms with Crippen molar-refractivity contribution < 1.29 is 4.79 Å². The van der Waals surface area contributed by atoms with Gasteiger partial charge in [0.25, 0.3) is 5.91 Å². The molecule has 2 aromatic heterocycles. The maximum absolute atomic E-state index is 13.2. The van der Waals surface area contributed by atoms with Gasteiger partial charge in [0.1, 0.15) is 0 Å². The van der Waals surface area contributed by atoms with Crippen molar-refractivity contribution in [2.45, 2.75) is 13.0 Å². The number of hydrogen-bond donors (Lipinski definition) is 1. The Balaban J connectivity index is 1.71. The summed E-state index contributed by atoms with van der Waals surface area (Å²) in [4.78, 5) is 19.6. The number of halogens is 1. The Morgan fingerprint density at radius 1 is 1.35 bits per heavy atom. The van der Waals surface area contributed by atoms with Crippen LogP contribution >= 0.6 is 11.6 Å². The van der Waals surface area contributed by atoms with Gasteiger partial charge in [-0.05, 0) is 24.6 Å². The SMILES string of the molecule is Cc1nn(C)c2ncc(C(=O)N3CCNCC3c3ccccc3Cl)cc12. The third-order valence-electron chi connectivity index (χ3n) is 4.88. The Bertz CT molecular complexity index is 983. The van der Waals surface area contributed by atoms with E-state index in [4.69, 9.17) is 11.6 Å². The minimum absolute atomic E-state index is 0.0333. The monoisotopic (exact) mass is 369 g/mol. The average Bonchev–Trinajstić information content (AvgIpc) is 2.95. The second-order valence-corrected chi connectivity index (χ2v) is 6.95. The van der Waals surface area contributed by atoms with Crippen molar-refractivity contribution in [3.63, 3.8) is 0 Å². The fourth-order valence-corrected chi connectivity index (χ4v) is 3.82. The summed E-state index contributed by atoms with van der Waals surface area (Å²) >= 11 is 6.39. The molecule has 6 nitrogen and oxygen atoms in total. The van der Waals surface area contributed by atoms with Crippen molar-refractivity contribution in [1.82, 2.24) is 25.0 Å². The van der Waals surface area contributed by atoms with Gasteiger partial charge in [-0.1, -0.05) is 29.8 Å². The molecule has 1 unspecified atom stereocenters. The predicted molar refractivity (Wildman–Crippen MR) is 101 cm³/mol. The topological polar surface area (TPSA) is 63.1 Å². The highest BCUT2D eigenvalue weighted by Crippen LogP contribution is 2.30. The molecule has 1 fully saturated rings. The van der Waals surface area contributed by atoms with Crippen LogP contribution in [0.15, 0.2) is 36.5 Å². The van der Waals surface area contributed by atoms with Gasteiger partial charge in [0.15, 0.2) is 5.65 Å². The van der Waals surface area contributed by atoms with E-state index >= 15 is 0 Å². The molecule has 1 atom stereocenters. The molecule has 4 rings (SSSR count). The number of amides is 1. The van der Waals surface area contributed by atoms with Gasteiger partial charge in [0.05, 0.1) is 17.3 Å². The van der Waals surface area contributed by atoms with Crippen LogP contribution in [0.2, 0.25) is 5.02 Å². The minimum Gasteiger partial charge on any atom is -0.329 e. The third-order valence-corrected chi connectivity index (χ3v) is 5.22. The normalized spacial score (nSPS) is 17.7. The van der Waals surface area contributed by atoms with E-state index in [-0.39, 0.29) is 11.9 Å². The molecule has 3 heterocycles. The van der Waals surface area contributed by atoms with Crippen molar-refractivity contribution in [3.05, 3.63) is 58.4 Å². The molecule has 3 aromatic rings. The zero-order valence-corrected chi connectivity index (χ0v) is 15.5. The van der Waals surface area contributed by atoms with E-state index in [1.165, 1.54) is 0 Å². The summed E-state index contributed by atoms with van der Waals surface area (Å²) in [5.41, 5.74) is 3.18.